The first-order valence-corrected chi connectivity index (χ1v) is 7.90. The number of nitrogens with zero attached hydrogens (tertiary/aromatic N) is 1. The Balaban J connectivity index is 1.75. The fraction of sp³-hybridized carbons (Fsp3) is 0.0588. The van der Waals surface area contributed by atoms with Crippen molar-refractivity contribution < 1.29 is 9.21 Å². The molecule has 1 aromatic carbocycles. The highest BCUT2D eigenvalue weighted by Crippen LogP contribution is 2.26. The number of anilines is 2. The maximum absolute atomic E-state index is 12.0. The molecule has 1 amide bonds. The second-order valence-electron chi connectivity index (χ2n) is 4.72. The Morgan fingerprint density at radius 3 is 3.04 bits per heavy atom. The fourth-order valence-electron chi connectivity index (χ4n) is 2.00. The van der Waals surface area contributed by atoms with Crippen molar-refractivity contribution in [2.45, 2.75) is 0 Å². The van der Waals surface area contributed by atoms with Gasteiger partial charge in [0.2, 0.25) is 0 Å². The number of thiazole rings is 1. The summed E-state index contributed by atoms with van der Waals surface area (Å²) in [5.41, 5.74) is 2.48. The van der Waals surface area contributed by atoms with Gasteiger partial charge in [-0.3, -0.25) is 4.79 Å². The molecule has 0 aliphatic heterocycles. The molecule has 0 spiro atoms. The van der Waals surface area contributed by atoms with Crippen LogP contribution in [0.1, 0.15) is 10.6 Å². The number of benzene rings is 1. The quantitative estimate of drug-likeness (QED) is 0.665. The molecule has 0 atom stereocenters. The molecule has 3 aromatic rings. The van der Waals surface area contributed by atoms with Gasteiger partial charge in [-0.1, -0.05) is 18.2 Å². The second-order valence-corrected chi connectivity index (χ2v) is 5.58. The van der Waals surface area contributed by atoms with E-state index >= 15 is 0 Å². The molecule has 0 radical (unpaired) electrons. The number of hydrogen-bond donors (Lipinski definition) is 2. The Morgan fingerprint density at radius 1 is 1.35 bits per heavy atom. The number of carbonyl (C=O) groups is 1. The van der Waals surface area contributed by atoms with Crippen LogP contribution in [0.3, 0.4) is 0 Å². The summed E-state index contributed by atoms with van der Waals surface area (Å²) >= 11 is 1.53. The lowest BCUT2D eigenvalue weighted by atomic mass is 10.1. The average molecular weight is 325 g/mol. The van der Waals surface area contributed by atoms with Gasteiger partial charge in [0.05, 0.1) is 12.0 Å². The number of nitrogens with one attached hydrogen (secondary N) is 2. The van der Waals surface area contributed by atoms with Crippen LogP contribution in [-0.2, 0) is 0 Å². The third kappa shape index (κ3) is 3.67. The molecule has 0 aliphatic carbocycles. The molecule has 116 valence electrons. The molecule has 5 nitrogen and oxygen atoms in total. The molecular weight excluding hydrogens is 310 g/mol. The summed E-state index contributed by atoms with van der Waals surface area (Å²) in [4.78, 5) is 16.5. The normalized spacial score (nSPS) is 10.3. The molecular formula is C17H15N3O2S. The number of furan rings is 1. The summed E-state index contributed by atoms with van der Waals surface area (Å²) in [6.07, 6.45) is 3.25. The Kier molecular flexibility index (Phi) is 4.54. The first-order chi connectivity index (χ1) is 11.3. The molecule has 0 saturated carbocycles. The van der Waals surface area contributed by atoms with Crippen LogP contribution in [-0.4, -0.2) is 17.4 Å². The highest BCUT2D eigenvalue weighted by molar-refractivity contribution is 7.14. The lowest BCUT2D eigenvalue weighted by Crippen LogP contribution is -2.10. The topological polar surface area (TPSA) is 67.2 Å². The number of aromatic nitrogens is 1. The van der Waals surface area contributed by atoms with Crippen molar-refractivity contribution in [3.8, 4) is 11.3 Å². The van der Waals surface area contributed by atoms with E-state index in [1.165, 1.54) is 17.6 Å². The number of hydrogen-bond acceptors (Lipinski definition) is 5. The Hall–Kier alpha value is -2.86. The van der Waals surface area contributed by atoms with E-state index in [4.69, 9.17) is 4.42 Å². The van der Waals surface area contributed by atoms with Gasteiger partial charge in [-0.15, -0.1) is 17.9 Å². The molecule has 0 saturated heterocycles. The van der Waals surface area contributed by atoms with Crippen LogP contribution in [0.15, 0.2) is 65.1 Å². The fourth-order valence-corrected chi connectivity index (χ4v) is 2.73. The highest BCUT2D eigenvalue weighted by Gasteiger charge is 2.10. The maximum Gasteiger partial charge on any atom is 0.291 e. The van der Waals surface area contributed by atoms with E-state index in [1.54, 1.807) is 18.2 Å². The predicted molar refractivity (Wildman–Crippen MR) is 92.9 cm³/mol. The predicted octanol–water partition coefficient (Wildman–Crippen LogP) is 4.25. The summed E-state index contributed by atoms with van der Waals surface area (Å²) in [7, 11) is 0. The van der Waals surface area contributed by atoms with Crippen LogP contribution < -0.4 is 10.6 Å². The van der Waals surface area contributed by atoms with Gasteiger partial charge >= 0.3 is 0 Å². The maximum atomic E-state index is 12.0. The third-order valence-corrected chi connectivity index (χ3v) is 3.86. The number of amides is 1. The minimum Gasteiger partial charge on any atom is -0.459 e. The van der Waals surface area contributed by atoms with E-state index in [0.29, 0.717) is 12.2 Å². The molecule has 6 heteroatoms. The van der Waals surface area contributed by atoms with Gasteiger partial charge in [0, 0.05) is 23.2 Å². The van der Waals surface area contributed by atoms with Crippen molar-refractivity contribution >= 4 is 28.1 Å². The molecule has 0 fully saturated rings. The van der Waals surface area contributed by atoms with Crippen molar-refractivity contribution in [1.29, 1.82) is 0 Å². The van der Waals surface area contributed by atoms with E-state index in [2.05, 4.69) is 22.2 Å². The Morgan fingerprint density at radius 2 is 2.26 bits per heavy atom. The van der Waals surface area contributed by atoms with Crippen LogP contribution in [0.5, 0.6) is 0 Å². The molecule has 0 aliphatic rings. The summed E-state index contributed by atoms with van der Waals surface area (Å²) in [6.45, 7) is 4.34. The van der Waals surface area contributed by atoms with Crippen molar-refractivity contribution in [1.82, 2.24) is 4.98 Å². The van der Waals surface area contributed by atoms with Gasteiger partial charge in [-0.25, -0.2) is 4.98 Å². The molecule has 2 heterocycles. The molecule has 23 heavy (non-hydrogen) atoms. The van der Waals surface area contributed by atoms with Crippen molar-refractivity contribution in [2.75, 3.05) is 17.2 Å². The van der Waals surface area contributed by atoms with Crippen molar-refractivity contribution in [3.63, 3.8) is 0 Å². The SMILES string of the molecule is C=CCNc1nc(-c2cccc(NC(=O)c3ccco3)c2)cs1. The largest absolute Gasteiger partial charge is 0.459 e. The van der Waals surface area contributed by atoms with Gasteiger partial charge in [0.15, 0.2) is 10.9 Å². The van der Waals surface area contributed by atoms with E-state index in [9.17, 15) is 4.79 Å². The molecule has 2 aromatic heterocycles. The minimum atomic E-state index is -0.279. The monoisotopic (exact) mass is 325 g/mol. The summed E-state index contributed by atoms with van der Waals surface area (Å²) < 4.78 is 5.08. The highest BCUT2D eigenvalue weighted by atomic mass is 32.1. The Bertz CT molecular complexity index is 809. The van der Waals surface area contributed by atoms with E-state index in [0.717, 1.165) is 16.4 Å². The minimum absolute atomic E-state index is 0.278. The molecule has 3 rings (SSSR count). The zero-order valence-electron chi connectivity index (χ0n) is 12.3. The zero-order chi connectivity index (χ0) is 16.1. The van der Waals surface area contributed by atoms with Crippen LogP contribution in [0.25, 0.3) is 11.3 Å². The van der Waals surface area contributed by atoms with Gasteiger partial charge in [0.1, 0.15) is 0 Å². The summed E-state index contributed by atoms with van der Waals surface area (Å²) in [5, 5.41) is 8.78. The standard InChI is InChI=1S/C17H15N3O2S/c1-2-8-18-17-20-14(11-23-17)12-5-3-6-13(10-12)19-16(21)15-7-4-9-22-15/h2-7,9-11H,1,8H2,(H,18,20)(H,19,21). The molecule has 2 N–H and O–H groups in total. The third-order valence-electron chi connectivity index (χ3n) is 3.06. The van der Waals surface area contributed by atoms with Gasteiger partial charge in [-0.2, -0.15) is 0 Å². The van der Waals surface area contributed by atoms with Crippen LogP contribution >= 0.6 is 11.3 Å². The van der Waals surface area contributed by atoms with Gasteiger partial charge in [-0.05, 0) is 24.3 Å². The molecule has 0 bridgehead atoms. The van der Waals surface area contributed by atoms with Gasteiger partial charge in [0.25, 0.3) is 5.91 Å². The summed E-state index contributed by atoms with van der Waals surface area (Å²) in [6, 6.07) is 10.8. The lowest BCUT2D eigenvalue weighted by molar-refractivity contribution is 0.0996. The average Bonchev–Trinajstić information content (AvgIpc) is 3.25. The van der Waals surface area contributed by atoms with Crippen LogP contribution in [0.2, 0.25) is 0 Å². The van der Waals surface area contributed by atoms with Crippen LogP contribution in [0.4, 0.5) is 10.8 Å². The van der Waals surface area contributed by atoms with Gasteiger partial charge < -0.3 is 15.1 Å². The number of rotatable bonds is 6. The summed E-state index contributed by atoms with van der Waals surface area (Å²) in [5.74, 6) is -0.00117. The van der Waals surface area contributed by atoms with E-state index in [1.807, 2.05) is 29.6 Å². The second kappa shape index (κ2) is 6.93. The number of carbonyl (C=O) groups excluding carboxylic acids is 1. The first-order valence-electron chi connectivity index (χ1n) is 7.02. The van der Waals surface area contributed by atoms with Crippen LogP contribution in [0, 0.1) is 0 Å². The zero-order valence-corrected chi connectivity index (χ0v) is 13.1. The van der Waals surface area contributed by atoms with Crippen molar-refractivity contribution in [3.05, 3.63) is 66.5 Å². The Labute approximate surface area is 137 Å². The van der Waals surface area contributed by atoms with E-state index in [-0.39, 0.29) is 11.7 Å². The smallest absolute Gasteiger partial charge is 0.291 e. The lowest BCUT2D eigenvalue weighted by Gasteiger charge is -2.05. The molecule has 0 unspecified atom stereocenters. The van der Waals surface area contributed by atoms with E-state index < -0.39 is 0 Å². The first kappa shape index (κ1) is 15.1. The van der Waals surface area contributed by atoms with Crippen molar-refractivity contribution in [2.24, 2.45) is 0 Å².